The van der Waals surface area contributed by atoms with E-state index in [4.69, 9.17) is 5.73 Å². The van der Waals surface area contributed by atoms with E-state index in [0.717, 1.165) is 25.6 Å². The van der Waals surface area contributed by atoms with E-state index in [1.165, 1.54) is 19.0 Å². The van der Waals surface area contributed by atoms with E-state index in [0.29, 0.717) is 25.3 Å². The van der Waals surface area contributed by atoms with Crippen LogP contribution in [0.25, 0.3) is 0 Å². The topological polar surface area (TPSA) is 79.5 Å². The molecule has 1 aromatic rings. The molecule has 1 saturated heterocycles. The van der Waals surface area contributed by atoms with Gasteiger partial charge in [-0.15, -0.1) is 0 Å². The van der Waals surface area contributed by atoms with Gasteiger partial charge in [-0.05, 0) is 30.9 Å². The number of rotatable bonds is 5. The molecule has 0 unspecified atom stereocenters. The minimum absolute atomic E-state index is 0.260. The summed E-state index contributed by atoms with van der Waals surface area (Å²) in [6.45, 7) is 4.22. The summed E-state index contributed by atoms with van der Waals surface area (Å²) in [6, 6.07) is 3.28. The van der Waals surface area contributed by atoms with Crippen LogP contribution in [0.15, 0.2) is 23.2 Å². The third-order valence-corrected chi connectivity index (χ3v) is 6.07. The van der Waals surface area contributed by atoms with Gasteiger partial charge in [0.15, 0.2) is 0 Å². The molecule has 6 nitrogen and oxygen atoms in total. The van der Waals surface area contributed by atoms with Gasteiger partial charge in [-0.25, -0.2) is 8.42 Å². The second kappa shape index (κ2) is 6.00. The van der Waals surface area contributed by atoms with Gasteiger partial charge in [0.05, 0.1) is 5.69 Å². The Bertz CT molecular complexity index is 575. The largest absolute Gasteiger partial charge is 0.325 e. The molecule has 21 heavy (non-hydrogen) atoms. The number of nitrogens with zero attached hydrogens (tertiary/aromatic N) is 3. The van der Waals surface area contributed by atoms with Crippen molar-refractivity contribution in [2.24, 2.45) is 11.7 Å². The highest BCUT2D eigenvalue weighted by Gasteiger charge is 2.31. The Kier molecular flexibility index (Phi) is 4.26. The quantitative estimate of drug-likeness (QED) is 0.844. The van der Waals surface area contributed by atoms with E-state index in [1.807, 2.05) is 0 Å². The number of hydrogen-bond acceptors (Lipinski definition) is 5. The van der Waals surface area contributed by atoms with Gasteiger partial charge in [0, 0.05) is 45.5 Å². The molecule has 0 amide bonds. The SMILES string of the molecule is NCc1ccc(S(=O)(=O)N2CCN(CC3CC3)CC2)cn1. The Morgan fingerprint density at radius 2 is 1.90 bits per heavy atom. The van der Waals surface area contributed by atoms with E-state index < -0.39 is 10.0 Å². The second-order valence-electron chi connectivity index (χ2n) is 5.84. The van der Waals surface area contributed by atoms with Crippen LogP contribution in [0.4, 0.5) is 0 Å². The molecule has 0 spiro atoms. The van der Waals surface area contributed by atoms with Crippen molar-refractivity contribution in [2.45, 2.75) is 24.3 Å². The lowest BCUT2D eigenvalue weighted by molar-refractivity contribution is 0.182. The highest BCUT2D eigenvalue weighted by molar-refractivity contribution is 7.89. The maximum Gasteiger partial charge on any atom is 0.244 e. The molecule has 1 aliphatic heterocycles. The third kappa shape index (κ3) is 3.42. The molecular weight excluding hydrogens is 288 g/mol. The monoisotopic (exact) mass is 310 g/mol. The summed E-state index contributed by atoms with van der Waals surface area (Å²) in [5, 5.41) is 0. The Hall–Kier alpha value is -1.02. The molecule has 7 heteroatoms. The molecule has 1 aromatic heterocycles. The van der Waals surface area contributed by atoms with Crippen LogP contribution in [0.1, 0.15) is 18.5 Å². The first-order chi connectivity index (χ1) is 10.1. The van der Waals surface area contributed by atoms with E-state index in [1.54, 1.807) is 16.4 Å². The van der Waals surface area contributed by atoms with Crippen LogP contribution < -0.4 is 5.73 Å². The van der Waals surface area contributed by atoms with Gasteiger partial charge in [0.25, 0.3) is 0 Å². The standard InChI is InChI=1S/C14H22N4O2S/c15-9-13-3-4-14(10-16-13)21(19,20)18-7-5-17(6-8-18)11-12-1-2-12/h3-4,10,12H,1-2,5-9,11,15H2. The zero-order valence-electron chi connectivity index (χ0n) is 12.1. The van der Waals surface area contributed by atoms with E-state index in [9.17, 15) is 8.42 Å². The molecular formula is C14H22N4O2S. The second-order valence-corrected chi connectivity index (χ2v) is 7.78. The number of sulfonamides is 1. The number of nitrogens with two attached hydrogens (primary N) is 1. The molecule has 2 aliphatic rings. The van der Waals surface area contributed by atoms with Gasteiger partial charge in [0.2, 0.25) is 10.0 Å². The first-order valence-electron chi connectivity index (χ1n) is 7.47. The highest BCUT2D eigenvalue weighted by Crippen LogP contribution is 2.30. The minimum Gasteiger partial charge on any atom is -0.325 e. The molecule has 1 saturated carbocycles. The molecule has 1 aliphatic carbocycles. The van der Waals surface area contributed by atoms with E-state index in [-0.39, 0.29) is 4.90 Å². The lowest BCUT2D eigenvalue weighted by Crippen LogP contribution is -2.49. The number of pyridine rings is 1. The molecule has 0 radical (unpaired) electrons. The van der Waals surface area contributed by atoms with Gasteiger partial charge >= 0.3 is 0 Å². The molecule has 0 atom stereocenters. The maximum atomic E-state index is 12.6. The molecule has 3 rings (SSSR count). The summed E-state index contributed by atoms with van der Waals surface area (Å²) >= 11 is 0. The first kappa shape index (κ1) is 14.9. The van der Waals surface area contributed by atoms with E-state index >= 15 is 0 Å². The summed E-state index contributed by atoms with van der Waals surface area (Å²) in [6.07, 6.45) is 4.07. The predicted molar refractivity (Wildman–Crippen MR) is 80.1 cm³/mol. The fourth-order valence-corrected chi connectivity index (χ4v) is 4.02. The number of hydrogen-bond donors (Lipinski definition) is 1. The average Bonchev–Trinajstić information content (AvgIpc) is 3.32. The zero-order valence-corrected chi connectivity index (χ0v) is 12.9. The van der Waals surface area contributed by atoms with Crippen molar-refractivity contribution in [3.8, 4) is 0 Å². The van der Waals surface area contributed by atoms with Crippen LogP contribution in [0.3, 0.4) is 0 Å². The smallest absolute Gasteiger partial charge is 0.244 e. The predicted octanol–water partition coefficient (Wildman–Crippen LogP) is 0.257. The van der Waals surface area contributed by atoms with Crippen LogP contribution in [-0.2, 0) is 16.6 Å². The molecule has 0 aromatic carbocycles. The van der Waals surface area contributed by atoms with Crippen LogP contribution in [0.5, 0.6) is 0 Å². The Balaban J connectivity index is 1.64. The summed E-state index contributed by atoms with van der Waals surface area (Å²) < 4.78 is 26.7. The lowest BCUT2D eigenvalue weighted by Gasteiger charge is -2.33. The van der Waals surface area contributed by atoms with Crippen molar-refractivity contribution in [3.63, 3.8) is 0 Å². The van der Waals surface area contributed by atoms with Crippen LogP contribution in [0.2, 0.25) is 0 Å². The van der Waals surface area contributed by atoms with Crippen molar-refractivity contribution in [3.05, 3.63) is 24.0 Å². The molecule has 2 fully saturated rings. The van der Waals surface area contributed by atoms with Gasteiger partial charge in [-0.1, -0.05) is 0 Å². The fourth-order valence-electron chi connectivity index (χ4n) is 2.65. The highest BCUT2D eigenvalue weighted by atomic mass is 32.2. The van der Waals surface area contributed by atoms with Crippen molar-refractivity contribution in [2.75, 3.05) is 32.7 Å². The van der Waals surface area contributed by atoms with Gasteiger partial charge in [0.1, 0.15) is 4.90 Å². The van der Waals surface area contributed by atoms with E-state index in [2.05, 4.69) is 9.88 Å². The molecule has 116 valence electrons. The maximum absolute atomic E-state index is 12.6. The van der Waals surface area contributed by atoms with Crippen LogP contribution in [0, 0.1) is 5.92 Å². The van der Waals surface area contributed by atoms with Crippen molar-refractivity contribution < 1.29 is 8.42 Å². The summed E-state index contributed by atoms with van der Waals surface area (Å²) in [5.74, 6) is 0.848. The minimum atomic E-state index is -3.42. The van der Waals surface area contributed by atoms with Crippen molar-refractivity contribution in [1.82, 2.24) is 14.2 Å². The fraction of sp³-hybridized carbons (Fsp3) is 0.643. The Morgan fingerprint density at radius 1 is 1.19 bits per heavy atom. The lowest BCUT2D eigenvalue weighted by atomic mass is 10.3. The molecule has 2 heterocycles. The first-order valence-corrected chi connectivity index (χ1v) is 8.91. The third-order valence-electron chi connectivity index (χ3n) is 4.19. The Morgan fingerprint density at radius 3 is 2.43 bits per heavy atom. The Labute approximate surface area is 126 Å². The molecule has 2 N–H and O–H groups in total. The van der Waals surface area contributed by atoms with Gasteiger partial charge in [-0.2, -0.15) is 4.31 Å². The summed E-state index contributed by atoms with van der Waals surface area (Å²) in [4.78, 5) is 6.71. The number of aromatic nitrogens is 1. The average molecular weight is 310 g/mol. The van der Waals surface area contributed by atoms with Crippen molar-refractivity contribution in [1.29, 1.82) is 0 Å². The zero-order chi connectivity index (χ0) is 14.9. The summed E-state index contributed by atoms with van der Waals surface area (Å²) in [7, 11) is -3.42. The molecule has 0 bridgehead atoms. The normalized spacial score (nSPS) is 21.6. The number of piperazine rings is 1. The van der Waals surface area contributed by atoms with Gasteiger partial charge < -0.3 is 10.6 Å². The van der Waals surface area contributed by atoms with Crippen LogP contribution >= 0.6 is 0 Å². The summed E-state index contributed by atoms with van der Waals surface area (Å²) in [5.41, 5.74) is 6.18. The van der Waals surface area contributed by atoms with Crippen molar-refractivity contribution >= 4 is 10.0 Å². The van der Waals surface area contributed by atoms with Gasteiger partial charge in [-0.3, -0.25) is 4.98 Å². The van der Waals surface area contributed by atoms with Crippen LogP contribution in [-0.4, -0.2) is 55.3 Å².